The van der Waals surface area contributed by atoms with Crippen LogP contribution in [0.2, 0.25) is 5.02 Å². The van der Waals surface area contributed by atoms with E-state index in [1.165, 1.54) is 0 Å². The lowest BCUT2D eigenvalue weighted by molar-refractivity contribution is 0.404. The van der Waals surface area contributed by atoms with Gasteiger partial charge in [0.15, 0.2) is 0 Å². The zero-order valence-electron chi connectivity index (χ0n) is 12.2. The van der Waals surface area contributed by atoms with Crippen LogP contribution in [-0.2, 0) is 0 Å². The van der Waals surface area contributed by atoms with Gasteiger partial charge in [-0.25, -0.2) is 0 Å². The molecule has 0 amide bonds. The van der Waals surface area contributed by atoms with Crippen LogP contribution in [0.1, 0.15) is 30.5 Å². The Hall–Kier alpha value is -1.03. The van der Waals surface area contributed by atoms with Gasteiger partial charge in [0.05, 0.1) is 13.2 Å². The maximum absolute atomic E-state index is 6.41. The minimum atomic E-state index is 0.00565. The zero-order chi connectivity index (χ0) is 15.2. The highest BCUT2D eigenvalue weighted by molar-refractivity contribution is 9.10. The van der Waals surface area contributed by atoms with E-state index in [4.69, 9.17) is 16.3 Å². The Kier molecular flexibility index (Phi) is 6.09. The van der Waals surface area contributed by atoms with Crippen molar-refractivity contribution in [3.8, 4) is 5.75 Å². The van der Waals surface area contributed by atoms with Crippen LogP contribution in [0.5, 0.6) is 5.75 Å². The Morgan fingerprint density at radius 2 is 1.95 bits per heavy atom. The third-order valence-electron chi connectivity index (χ3n) is 3.32. The molecule has 1 unspecified atom stereocenters. The van der Waals surface area contributed by atoms with Gasteiger partial charge in [-0.3, -0.25) is 0 Å². The van der Waals surface area contributed by atoms with Crippen LogP contribution in [0.4, 0.5) is 0 Å². The predicted molar refractivity (Wildman–Crippen MR) is 92.3 cm³/mol. The Morgan fingerprint density at radius 1 is 1.19 bits per heavy atom. The SMILES string of the molecule is CCCNC(c1cc(Br)ccc1Cl)c1ccccc1OC. The molecule has 0 aliphatic rings. The predicted octanol–water partition coefficient (Wildman–Crippen LogP) is 5.20. The van der Waals surface area contributed by atoms with Crippen molar-refractivity contribution in [2.75, 3.05) is 13.7 Å². The smallest absolute Gasteiger partial charge is 0.123 e. The Bertz CT molecular complexity index is 603. The molecular weight excluding hydrogens is 350 g/mol. The fourth-order valence-electron chi connectivity index (χ4n) is 2.32. The zero-order valence-corrected chi connectivity index (χ0v) is 14.5. The topological polar surface area (TPSA) is 21.3 Å². The van der Waals surface area contributed by atoms with Crippen LogP contribution < -0.4 is 10.1 Å². The van der Waals surface area contributed by atoms with Crippen LogP contribution in [0.3, 0.4) is 0 Å². The summed E-state index contributed by atoms with van der Waals surface area (Å²) >= 11 is 9.94. The molecule has 0 fully saturated rings. The van der Waals surface area contributed by atoms with E-state index in [0.717, 1.165) is 39.3 Å². The van der Waals surface area contributed by atoms with Crippen LogP contribution in [-0.4, -0.2) is 13.7 Å². The number of para-hydroxylation sites is 1. The Morgan fingerprint density at radius 3 is 2.67 bits per heavy atom. The van der Waals surface area contributed by atoms with Crippen LogP contribution in [0.15, 0.2) is 46.9 Å². The molecular formula is C17H19BrClNO. The molecule has 2 aromatic rings. The molecule has 0 heterocycles. The minimum Gasteiger partial charge on any atom is -0.496 e. The molecule has 0 aliphatic heterocycles. The Balaban J connectivity index is 2.49. The molecule has 0 spiro atoms. The number of hydrogen-bond acceptors (Lipinski definition) is 2. The fraction of sp³-hybridized carbons (Fsp3) is 0.294. The second-order valence-electron chi connectivity index (χ2n) is 4.79. The van der Waals surface area contributed by atoms with Crippen molar-refractivity contribution in [1.82, 2.24) is 5.32 Å². The van der Waals surface area contributed by atoms with Gasteiger partial charge in [0.1, 0.15) is 5.75 Å². The van der Waals surface area contributed by atoms with Crippen molar-refractivity contribution >= 4 is 27.5 Å². The first-order valence-corrected chi connectivity index (χ1v) is 8.15. The van der Waals surface area contributed by atoms with Crippen molar-refractivity contribution in [3.63, 3.8) is 0 Å². The molecule has 0 aliphatic carbocycles. The maximum Gasteiger partial charge on any atom is 0.123 e. The van der Waals surface area contributed by atoms with E-state index in [1.54, 1.807) is 7.11 Å². The van der Waals surface area contributed by atoms with E-state index in [0.29, 0.717) is 0 Å². The normalized spacial score (nSPS) is 12.2. The summed E-state index contributed by atoms with van der Waals surface area (Å²) in [6, 6.07) is 14.0. The van der Waals surface area contributed by atoms with Gasteiger partial charge >= 0.3 is 0 Å². The van der Waals surface area contributed by atoms with E-state index in [1.807, 2.05) is 30.3 Å². The summed E-state index contributed by atoms with van der Waals surface area (Å²) in [5.41, 5.74) is 2.14. The summed E-state index contributed by atoms with van der Waals surface area (Å²) in [6.45, 7) is 3.06. The second kappa shape index (κ2) is 7.83. The molecule has 0 saturated heterocycles. The summed E-state index contributed by atoms with van der Waals surface area (Å²) < 4.78 is 6.52. The number of methoxy groups -OCH3 is 1. The molecule has 2 nitrogen and oxygen atoms in total. The molecule has 0 aromatic heterocycles. The first kappa shape index (κ1) is 16.3. The van der Waals surface area contributed by atoms with Crippen molar-refractivity contribution in [2.45, 2.75) is 19.4 Å². The van der Waals surface area contributed by atoms with E-state index in [9.17, 15) is 0 Å². The summed E-state index contributed by atoms with van der Waals surface area (Å²) in [5, 5.41) is 4.31. The molecule has 21 heavy (non-hydrogen) atoms. The molecule has 1 atom stereocenters. The molecule has 0 saturated carbocycles. The average Bonchev–Trinajstić information content (AvgIpc) is 2.51. The van der Waals surface area contributed by atoms with E-state index < -0.39 is 0 Å². The van der Waals surface area contributed by atoms with E-state index >= 15 is 0 Å². The molecule has 0 radical (unpaired) electrons. The lowest BCUT2D eigenvalue weighted by Gasteiger charge is -2.23. The van der Waals surface area contributed by atoms with Crippen molar-refractivity contribution in [2.24, 2.45) is 0 Å². The summed E-state index contributed by atoms with van der Waals surface area (Å²) in [6.07, 6.45) is 1.05. The summed E-state index contributed by atoms with van der Waals surface area (Å²) in [4.78, 5) is 0. The van der Waals surface area contributed by atoms with Gasteiger partial charge in [-0.1, -0.05) is 52.7 Å². The standard InChI is InChI=1S/C17H19BrClNO/c1-3-10-20-17(13-6-4-5-7-16(13)21-2)14-11-12(18)8-9-15(14)19/h4-9,11,17,20H,3,10H2,1-2H3. The molecule has 2 rings (SSSR count). The number of nitrogens with one attached hydrogen (secondary N) is 1. The molecule has 1 N–H and O–H groups in total. The minimum absolute atomic E-state index is 0.00565. The summed E-state index contributed by atoms with van der Waals surface area (Å²) in [7, 11) is 1.69. The first-order valence-electron chi connectivity index (χ1n) is 6.98. The van der Waals surface area contributed by atoms with Gasteiger partial charge < -0.3 is 10.1 Å². The highest BCUT2D eigenvalue weighted by Gasteiger charge is 2.20. The van der Waals surface area contributed by atoms with E-state index in [2.05, 4.69) is 40.3 Å². The van der Waals surface area contributed by atoms with Crippen molar-refractivity contribution in [3.05, 3.63) is 63.1 Å². The second-order valence-corrected chi connectivity index (χ2v) is 6.12. The highest BCUT2D eigenvalue weighted by Crippen LogP contribution is 2.34. The number of ether oxygens (including phenoxy) is 1. The number of hydrogen-bond donors (Lipinski definition) is 1. The van der Waals surface area contributed by atoms with Gasteiger partial charge in [0.2, 0.25) is 0 Å². The van der Waals surface area contributed by atoms with Crippen LogP contribution in [0.25, 0.3) is 0 Å². The largest absolute Gasteiger partial charge is 0.496 e. The van der Waals surface area contributed by atoms with Gasteiger partial charge in [-0.05, 0) is 42.8 Å². The summed E-state index contributed by atoms with van der Waals surface area (Å²) in [5.74, 6) is 0.863. The van der Waals surface area contributed by atoms with Gasteiger partial charge in [-0.15, -0.1) is 0 Å². The van der Waals surface area contributed by atoms with Crippen LogP contribution >= 0.6 is 27.5 Å². The van der Waals surface area contributed by atoms with Gasteiger partial charge in [0, 0.05) is 15.1 Å². The molecule has 0 bridgehead atoms. The van der Waals surface area contributed by atoms with Crippen molar-refractivity contribution < 1.29 is 4.74 Å². The average molecular weight is 369 g/mol. The lowest BCUT2D eigenvalue weighted by Crippen LogP contribution is -2.24. The first-order chi connectivity index (χ1) is 10.2. The number of halogens is 2. The van der Waals surface area contributed by atoms with Crippen LogP contribution in [0, 0.1) is 0 Å². The monoisotopic (exact) mass is 367 g/mol. The maximum atomic E-state index is 6.41. The highest BCUT2D eigenvalue weighted by atomic mass is 79.9. The number of rotatable bonds is 6. The third kappa shape index (κ3) is 4.00. The lowest BCUT2D eigenvalue weighted by atomic mass is 9.97. The third-order valence-corrected chi connectivity index (χ3v) is 4.15. The van der Waals surface area contributed by atoms with Gasteiger partial charge in [-0.2, -0.15) is 0 Å². The molecule has 2 aromatic carbocycles. The number of benzene rings is 2. The fourth-order valence-corrected chi connectivity index (χ4v) is 2.92. The molecule has 4 heteroatoms. The Labute approximate surface area is 139 Å². The quantitative estimate of drug-likeness (QED) is 0.756. The molecule has 112 valence electrons. The van der Waals surface area contributed by atoms with E-state index in [-0.39, 0.29) is 6.04 Å². The van der Waals surface area contributed by atoms with Gasteiger partial charge in [0.25, 0.3) is 0 Å². The van der Waals surface area contributed by atoms with Crippen molar-refractivity contribution in [1.29, 1.82) is 0 Å².